The fourth-order valence-electron chi connectivity index (χ4n) is 3.57. The van der Waals surface area contributed by atoms with Gasteiger partial charge in [-0.25, -0.2) is 8.42 Å². The number of para-hydroxylation sites is 1. The Kier molecular flexibility index (Phi) is 6.12. The number of hydrogen-bond donors (Lipinski definition) is 0. The quantitative estimate of drug-likeness (QED) is 0.314. The lowest BCUT2D eigenvalue weighted by Crippen LogP contribution is -2.06. The third-order valence-corrected chi connectivity index (χ3v) is 6.75. The molecule has 4 aromatic rings. The molecule has 3 aromatic carbocycles. The van der Waals surface area contributed by atoms with Crippen LogP contribution in [0, 0.1) is 6.42 Å². The van der Waals surface area contributed by atoms with E-state index in [4.69, 9.17) is 4.74 Å². The van der Waals surface area contributed by atoms with Crippen molar-refractivity contribution in [2.24, 2.45) is 0 Å². The Morgan fingerprint density at radius 2 is 1.64 bits per heavy atom. The van der Waals surface area contributed by atoms with Crippen molar-refractivity contribution in [3.63, 3.8) is 0 Å². The van der Waals surface area contributed by atoms with Crippen molar-refractivity contribution in [1.29, 1.82) is 0 Å². The number of hydrogen-bond acceptors (Lipinski definition) is 4. The summed E-state index contributed by atoms with van der Waals surface area (Å²) in [6.07, 6.45) is -1.61. The molecule has 0 fully saturated rings. The Bertz CT molecular complexity index is 1420. The lowest BCUT2D eigenvalue weighted by atomic mass is 9.99. The van der Waals surface area contributed by atoms with Gasteiger partial charge < -0.3 is 4.74 Å². The summed E-state index contributed by atoms with van der Waals surface area (Å²) < 4.78 is 70.8. The molecule has 0 N–H and O–H groups in total. The second-order valence-electron chi connectivity index (χ2n) is 7.35. The number of ether oxygens (including phenoxy) is 1. The van der Waals surface area contributed by atoms with Crippen LogP contribution in [-0.2, 0) is 16.0 Å². The van der Waals surface area contributed by atoms with Gasteiger partial charge in [-0.15, -0.1) is 0 Å². The van der Waals surface area contributed by atoms with Crippen molar-refractivity contribution in [1.82, 2.24) is 4.98 Å². The molecule has 0 amide bonds. The number of alkyl halides is 3. The number of benzene rings is 3. The molecule has 0 saturated heterocycles. The monoisotopic (exact) mass is 470 g/mol. The zero-order valence-electron chi connectivity index (χ0n) is 17.5. The summed E-state index contributed by atoms with van der Waals surface area (Å²) in [6.45, 7) is 1.67. The molecule has 0 unspecified atom stereocenters. The van der Waals surface area contributed by atoms with E-state index in [2.05, 4.69) is 4.98 Å². The molecule has 0 aliphatic heterocycles. The minimum atomic E-state index is -4.52. The van der Waals surface area contributed by atoms with Crippen LogP contribution in [0.1, 0.15) is 12.5 Å². The molecule has 0 bridgehead atoms. The van der Waals surface area contributed by atoms with Crippen LogP contribution in [0.3, 0.4) is 0 Å². The maximum absolute atomic E-state index is 13.4. The molecule has 0 spiro atoms. The molecule has 4 rings (SSSR count). The third-order valence-electron chi connectivity index (χ3n) is 5.01. The number of sulfone groups is 1. The molecule has 1 radical (unpaired) electrons. The predicted molar refractivity (Wildman–Crippen MR) is 121 cm³/mol. The van der Waals surface area contributed by atoms with Gasteiger partial charge in [0.2, 0.25) is 0 Å². The first kappa shape index (κ1) is 22.8. The second-order valence-corrected chi connectivity index (χ2v) is 9.39. The minimum absolute atomic E-state index is 0.0824. The van der Waals surface area contributed by atoms with Crippen molar-refractivity contribution in [3.8, 4) is 22.6 Å². The zero-order chi connectivity index (χ0) is 23.6. The van der Waals surface area contributed by atoms with Gasteiger partial charge in [-0.1, -0.05) is 37.3 Å². The highest BCUT2D eigenvalue weighted by Gasteiger charge is 2.33. The highest BCUT2D eigenvalue weighted by Crippen LogP contribution is 2.37. The molecule has 169 valence electrons. The highest BCUT2D eigenvalue weighted by atomic mass is 32.2. The third kappa shape index (κ3) is 4.85. The fraction of sp³-hybridized carbons (Fsp3) is 0.120. The maximum Gasteiger partial charge on any atom is 0.418 e. The van der Waals surface area contributed by atoms with Gasteiger partial charge in [0.05, 0.1) is 21.7 Å². The molecule has 8 heteroatoms. The average molecular weight is 470 g/mol. The van der Waals surface area contributed by atoms with Crippen LogP contribution in [0.2, 0.25) is 0 Å². The summed E-state index contributed by atoms with van der Waals surface area (Å²) in [7, 11) is -3.45. The first-order chi connectivity index (χ1) is 15.7. The van der Waals surface area contributed by atoms with Crippen LogP contribution in [0.4, 0.5) is 13.2 Å². The van der Waals surface area contributed by atoms with Gasteiger partial charge in [0.25, 0.3) is 0 Å². The van der Waals surface area contributed by atoms with E-state index in [-0.39, 0.29) is 16.2 Å². The molecule has 1 heterocycles. The Balaban J connectivity index is 1.71. The first-order valence-electron chi connectivity index (χ1n) is 10.0. The number of nitrogens with zero attached hydrogens (tertiary/aromatic N) is 1. The number of aromatic nitrogens is 1. The summed E-state index contributed by atoms with van der Waals surface area (Å²) in [5.41, 5.74) is 0.297. The minimum Gasteiger partial charge on any atom is -0.457 e. The lowest BCUT2D eigenvalue weighted by molar-refractivity contribution is -0.136. The van der Waals surface area contributed by atoms with Gasteiger partial charge >= 0.3 is 6.18 Å². The van der Waals surface area contributed by atoms with E-state index in [0.717, 1.165) is 6.07 Å². The topological polar surface area (TPSA) is 56.3 Å². The predicted octanol–water partition coefficient (Wildman–Crippen LogP) is 6.71. The molecule has 0 aliphatic rings. The van der Waals surface area contributed by atoms with Gasteiger partial charge in [-0.2, -0.15) is 13.2 Å². The number of pyridine rings is 1. The zero-order valence-corrected chi connectivity index (χ0v) is 18.3. The lowest BCUT2D eigenvalue weighted by Gasteiger charge is -2.13. The van der Waals surface area contributed by atoms with E-state index < -0.39 is 21.6 Å². The molecule has 1 aromatic heterocycles. The molecular formula is C25H19F3NO3S. The smallest absolute Gasteiger partial charge is 0.418 e. The van der Waals surface area contributed by atoms with Gasteiger partial charge in [0.1, 0.15) is 11.5 Å². The van der Waals surface area contributed by atoms with E-state index in [0.29, 0.717) is 28.0 Å². The van der Waals surface area contributed by atoms with E-state index >= 15 is 0 Å². The Morgan fingerprint density at radius 1 is 0.939 bits per heavy atom. The van der Waals surface area contributed by atoms with Gasteiger partial charge in [-0.05, 0) is 60.0 Å². The van der Waals surface area contributed by atoms with Crippen LogP contribution in [0.25, 0.3) is 22.0 Å². The largest absolute Gasteiger partial charge is 0.457 e. The van der Waals surface area contributed by atoms with Gasteiger partial charge in [0.15, 0.2) is 9.84 Å². The standard InChI is InChI=1S/C25H19F3NO3S/c1-2-14-33(30,31)20-9-4-8-19(16-20)32-18-7-3-6-17(15-18)21-12-13-29-24-22(21)10-5-11-23(24)25(26,27)28/h2-13,15-16H,14H2,1H3. The van der Waals surface area contributed by atoms with Gasteiger partial charge in [-0.3, -0.25) is 4.98 Å². The molecule has 33 heavy (non-hydrogen) atoms. The molecule has 0 saturated carbocycles. The fourth-order valence-corrected chi connectivity index (χ4v) is 4.78. The highest BCUT2D eigenvalue weighted by molar-refractivity contribution is 7.91. The molecule has 4 nitrogen and oxygen atoms in total. The summed E-state index contributed by atoms with van der Waals surface area (Å²) >= 11 is 0. The molecule has 0 aliphatic carbocycles. The number of rotatable bonds is 6. The summed E-state index contributed by atoms with van der Waals surface area (Å²) in [6, 6.07) is 18.7. The van der Waals surface area contributed by atoms with Crippen molar-refractivity contribution >= 4 is 20.7 Å². The number of halogens is 3. The summed E-state index contributed by atoms with van der Waals surface area (Å²) in [5, 5.41) is 0.369. The van der Waals surface area contributed by atoms with E-state index in [1.165, 1.54) is 24.4 Å². The molecular weight excluding hydrogens is 451 g/mol. The average Bonchev–Trinajstić information content (AvgIpc) is 2.78. The second kappa shape index (κ2) is 8.86. The van der Waals surface area contributed by atoms with E-state index in [1.807, 2.05) is 0 Å². The van der Waals surface area contributed by atoms with Crippen LogP contribution >= 0.6 is 0 Å². The van der Waals surface area contributed by atoms with Gasteiger partial charge in [0, 0.05) is 11.6 Å². The van der Waals surface area contributed by atoms with Crippen molar-refractivity contribution in [3.05, 3.63) is 91.0 Å². The maximum atomic E-state index is 13.4. The Hall–Kier alpha value is -3.39. The van der Waals surface area contributed by atoms with Crippen molar-refractivity contribution in [2.45, 2.75) is 18.0 Å². The van der Waals surface area contributed by atoms with Crippen LogP contribution in [0.5, 0.6) is 11.5 Å². The first-order valence-corrected chi connectivity index (χ1v) is 11.7. The number of fused-ring (bicyclic) bond motifs is 1. The Morgan fingerprint density at radius 3 is 2.36 bits per heavy atom. The van der Waals surface area contributed by atoms with Crippen LogP contribution < -0.4 is 4.74 Å². The Labute approximate surface area is 189 Å². The van der Waals surface area contributed by atoms with Crippen molar-refractivity contribution in [2.75, 3.05) is 5.75 Å². The van der Waals surface area contributed by atoms with E-state index in [9.17, 15) is 21.6 Å². The normalized spacial score (nSPS) is 12.1. The summed E-state index contributed by atoms with van der Waals surface area (Å²) in [5.74, 6) is 0.672. The van der Waals surface area contributed by atoms with Crippen molar-refractivity contribution < 1.29 is 26.3 Å². The van der Waals surface area contributed by atoms with Crippen LogP contribution in [-0.4, -0.2) is 19.2 Å². The SMILES string of the molecule is C[CH]CS(=O)(=O)c1cccc(Oc2cccc(-c3ccnc4c(C(F)(F)F)cccc34)c2)c1. The molecule has 0 atom stereocenters. The van der Waals surface area contributed by atoms with Crippen LogP contribution in [0.15, 0.2) is 83.9 Å². The van der Waals surface area contributed by atoms with E-state index in [1.54, 1.807) is 61.9 Å². The summed E-state index contributed by atoms with van der Waals surface area (Å²) in [4.78, 5) is 4.11.